The predicted octanol–water partition coefficient (Wildman–Crippen LogP) is 1.90. The number of benzene rings is 2. The van der Waals surface area contributed by atoms with Crippen LogP contribution in [-0.4, -0.2) is 29.0 Å². The number of carbonyl (C=O) groups excluding carboxylic acids is 2. The van der Waals surface area contributed by atoms with Crippen LogP contribution in [0.25, 0.3) is 0 Å². The minimum atomic E-state index is -0.800. The highest BCUT2D eigenvalue weighted by molar-refractivity contribution is 6.35. The highest BCUT2D eigenvalue weighted by Crippen LogP contribution is 2.18. The minimum Gasteiger partial charge on any atom is -0.489 e. The van der Waals surface area contributed by atoms with Gasteiger partial charge in [-0.1, -0.05) is 0 Å². The molecule has 1 aliphatic rings. The first-order valence-electron chi connectivity index (χ1n) is 8.61. The molecule has 0 spiro atoms. The molecule has 9 heteroatoms. The van der Waals surface area contributed by atoms with Crippen LogP contribution in [-0.2, 0) is 16.2 Å². The summed E-state index contributed by atoms with van der Waals surface area (Å²) in [6.45, 7) is 0.275. The lowest BCUT2D eigenvalue weighted by molar-refractivity contribution is -0.384. The van der Waals surface area contributed by atoms with E-state index in [9.17, 15) is 19.7 Å². The molecule has 0 bridgehead atoms. The van der Waals surface area contributed by atoms with Crippen LogP contribution in [0.3, 0.4) is 0 Å². The van der Waals surface area contributed by atoms with E-state index in [1.54, 1.807) is 36.4 Å². The maximum atomic E-state index is 11.5. The number of nitro benzene ring substituents is 1. The average Bonchev–Trinajstić information content (AvgIpc) is 3.51. The summed E-state index contributed by atoms with van der Waals surface area (Å²) in [6.07, 6.45) is 3.23. The summed E-state index contributed by atoms with van der Waals surface area (Å²) in [6, 6.07) is 13.2. The second-order valence-electron chi connectivity index (χ2n) is 6.23. The van der Waals surface area contributed by atoms with Gasteiger partial charge >= 0.3 is 11.8 Å². The third kappa shape index (κ3) is 5.63. The largest absolute Gasteiger partial charge is 0.489 e. The van der Waals surface area contributed by atoms with E-state index in [1.165, 1.54) is 18.3 Å². The molecule has 2 aromatic rings. The Bertz CT molecular complexity index is 890. The van der Waals surface area contributed by atoms with Gasteiger partial charge in [0.2, 0.25) is 0 Å². The molecule has 2 aromatic carbocycles. The van der Waals surface area contributed by atoms with E-state index in [4.69, 9.17) is 4.74 Å². The summed E-state index contributed by atoms with van der Waals surface area (Å²) in [5.74, 6) is -0.871. The van der Waals surface area contributed by atoms with Gasteiger partial charge in [-0.3, -0.25) is 19.7 Å². The SMILES string of the molecule is O=C(N/N=C\c1ccc(OCc2ccc([N+](=O)[O-])cc2)cc1)C(=O)NC1CC1. The molecule has 144 valence electrons. The van der Waals surface area contributed by atoms with Crippen molar-refractivity contribution in [2.75, 3.05) is 0 Å². The molecule has 0 saturated heterocycles. The third-order valence-electron chi connectivity index (χ3n) is 3.93. The van der Waals surface area contributed by atoms with Gasteiger partial charge in [0.1, 0.15) is 12.4 Å². The van der Waals surface area contributed by atoms with Crippen LogP contribution < -0.4 is 15.5 Å². The number of hydrazone groups is 1. The smallest absolute Gasteiger partial charge is 0.329 e. The second kappa shape index (κ2) is 8.76. The number of hydrogen-bond acceptors (Lipinski definition) is 6. The average molecular weight is 382 g/mol. The molecule has 1 saturated carbocycles. The highest BCUT2D eigenvalue weighted by Gasteiger charge is 2.26. The molecule has 1 fully saturated rings. The fourth-order valence-electron chi connectivity index (χ4n) is 2.23. The molecule has 2 amide bonds. The number of non-ortho nitro benzene ring substituents is 1. The predicted molar refractivity (Wildman–Crippen MR) is 101 cm³/mol. The van der Waals surface area contributed by atoms with Crippen LogP contribution in [0.4, 0.5) is 5.69 Å². The van der Waals surface area contributed by atoms with Crippen molar-refractivity contribution in [3.05, 3.63) is 69.8 Å². The van der Waals surface area contributed by atoms with Gasteiger partial charge in [-0.25, -0.2) is 5.43 Å². The lowest BCUT2D eigenvalue weighted by Crippen LogP contribution is -2.38. The van der Waals surface area contributed by atoms with Crippen molar-refractivity contribution >= 4 is 23.7 Å². The van der Waals surface area contributed by atoms with Gasteiger partial charge in [-0.2, -0.15) is 5.10 Å². The van der Waals surface area contributed by atoms with Gasteiger partial charge in [-0.05, 0) is 60.4 Å². The van der Waals surface area contributed by atoms with Crippen molar-refractivity contribution in [2.45, 2.75) is 25.5 Å². The Morgan fingerprint density at radius 3 is 2.39 bits per heavy atom. The van der Waals surface area contributed by atoms with Gasteiger partial charge in [-0.15, -0.1) is 0 Å². The molecule has 28 heavy (non-hydrogen) atoms. The van der Waals surface area contributed by atoms with E-state index >= 15 is 0 Å². The lowest BCUT2D eigenvalue weighted by atomic mass is 10.2. The first kappa shape index (κ1) is 19.0. The van der Waals surface area contributed by atoms with E-state index in [0.29, 0.717) is 11.3 Å². The van der Waals surface area contributed by atoms with Crippen LogP contribution in [0.15, 0.2) is 53.6 Å². The quantitative estimate of drug-likeness (QED) is 0.328. The third-order valence-corrected chi connectivity index (χ3v) is 3.93. The molecular formula is C19H18N4O5. The molecule has 0 aromatic heterocycles. The molecule has 0 unspecified atom stereocenters. The Hall–Kier alpha value is -3.75. The van der Waals surface area contributed by atoms with Crippen LogP contribution in [0.2, 0.25) is 0 Å². The second-order valence-corrected chi connectivity index (χ2v) is 6.23. The zero-order valence-corrected chi connectivity index (χ0v) is 14.8. The summed E-state index contributed by atoms with van der Waals surface area (Å²) in [4.78, 5) is 33.2. The number of hydrogen-bond donors (Lipinski definition) is 2. The summed E-state index contributed by atoms with van der Waals surface area (Å²) in [5, 5.41) is 17.0. The Kier molecular flexibility index (Phi) is 5.95. The summed E-state index contributed by atoms with van der Waals surface area (Å²) < 4.78 is 5.63. The van der Waals surface area contributed by atoms with Crippen LogP contribution in [0.1, 0.15) is 24.0 Å². The summed E-state index contributed by atoms with van der Waals surface area (Å²) in [7, 11) is 0. The standard InChI is InChI=1S/C19H18N4O5/c24-18(21-15-5-6-15)19(25)22-20-11-13-3-9-17(10-4-13)28-12-14-1-7-16(8-2-14)23(26)27/h1-4,7-11,15H,5-6,12H2,(H,21,24)(H,22,25)/b20-11-. The van der Waals surface area contributed by atoms with Gasteiger partial charge in [0.15, 0.2) is 0 Å². The highest BCUT2D eigenvalue weighted by atomic mass is 16.6. The Balaban J connectivity index is 1.45. The zero-order chi connectivity index (χ0) is 19.9. The number of ether oxygens (including phenoxy) is 1. The summed E-state index contributed by atoms with van der Waals surface area (Å²) in [5.41, 5.74) is 3.73. The molecule has 2 N–H and O–H groups in total. The van der Waals surface area contributed by atoms with E-state index in [2.05, 4.69) is 15.8 Å². The first-order chi connectivity index (χ1) is 13.5. The Labute approximate surface area is 160 Å². The number of carbonyl (C=O) groups is 2. The van der Waals surface area contributed by atoms with E-state index < -0.39 is 16.7 Å². The molecule has 3 rings (SSSR count). The monoisotopic (exact) mass is 382 g/mol. The minimum absolute atomic E-state index is 0.0319. The molecule has 0 aliphatic heterocycles. The maximum absolute atomic E-state index is 11.5. The van der Waals surface area contributed by atoms with Gasteiger partial charge in [0.25, 0.3) is 5.69 Å². The van der Waals surface area contributed by atoms with E-state index in [0.717, 1.165) is 18.4 Å². The number of amides is 2. The fraction of sp³-hybridized carbons (Fsp3) is 0.211. The molecule has 0 atom stereocenters. The van der Waals surface area contributed by atoms with Crippen molar-refractivity contribution < 1.29 is 19.2 Å². The lowest BCUT2D eigenvalue weighted by Gasteiger charge is -2.06. The number of nitrogens with one attached hydrogen (secondary N) is 2. The Morgan fingerprint density at radius 1 is 1.11 bits per heavy atom. The van der Waals surface area contributed by atoms with Gasteiger partial charge in [0, 0.05) is 18.2 Å². The maximum Gasteiger partial charge on any atom is 0.329 e. The number of nitro groups is 1. The van der Waals surface area contributed by atoms with Crippen LogP contribution in [0.5, 0.6) is 5.75 Å². The molecule has 0 radical (unpaired) electrons. The normalized spacial score (nSPS) is 13.1. The van der Waals surface area contributed by atoms with Crippen molar-refractivity contribution in [1.29, 1.82) is 0 Å². The zero-order valence-electron chi connectivity index (χ0n) is 14.8. The number of rotatable bonds is 7. The van der Waals surface area contributed by atoms with Crippen molar-refractivity contribution in [3.8, 4) is 5.75 Å². The number of nitrogens with zero attached hydrogens (tertiary/aromatic N) is 2. The molecule has 1 aliphatic carbocycles. The molecule has 9 nitrogen and oxygen atoms in total. The Morgan fingerprint density at radius 2 is 1.79 bits per heavy atom. The fourth-order valence-corrected chi connectivity index (χ4v) is 2.23. The van der Waals surface area contributed by atoms with Crippen LogP contribution in [0, 0.1) is 10.1 Å². The van der Waals surface area contributed by atoms with E-state index in [1.807, 2.05) is 0 Å². The molecule has 0 heterocycles. The first-order valence-corrected chi connectivity index (χ1v) is 8.61. The van der Waals surface area contributed by atoms with Crippen molar-refractivity contribution in [3.63, 3.8) is 0 Å². The van der Waals surface area contributed by atoms with Gasteiger partial charge in [0.05, 0.1) is 11.1 Å². The molecular weight excluding hydrogens is 364 g/mol. The topological polar surface area (TPSA) is 123 Å². The summed E-state index contributed by atoms with van der Waals surface area (Å²) >= 11 is 0. The van der Waals surface area contributed by atoms with Crippen molar-refractivity contribution in [1.82, 2.24) is 10.7 Å². The van der Waals surface area contributed by atoms with Crippen molar-refractivity contribution in [2.24, 2.45) is 5.10 Å². The van der Waals surface area contributed by atoms with E-state index in [-0.39, 0.29) is 18.3 Å². The van der Waals surface area contributed by atoms with Crippen LogP contribution >= 0.6 is 0 Å². The van der Waals surface area contributed by atoms with Gasteiger partial charge < -0.3 is 10.1 Å².